The van der Waals surface area contributed by atoms with Gasteiger partial charge in [-0.1, -0.05) is 0 Å². The molecule has 2 fully saturated rings. The summed E-state index contributed by atoms with van der Waals surface area (Å²) in [7, 11) is 0. The van der Waals surface area contributed by atoms with E-state index < -0.39 is 65.2 Å². The van der Waals surface area contributed by atoms with E-state index in [-0.39, 0.29) is 0 Å². The number of halogens is 5. The Morgan fingerprint density at radius 2 is 1.68 bits per heavy atom. The highest BCUT2D eigenvalue weighted by molar-refractivity contribution is 7.95. The Morgan fingerprint density at radius 3 is 2.16 bits per heavy atom. The van der Waals surface area contributed by atoms with Crippen LogP contribution in [0, 0.1) is 23.7 Å². The molecule has 0 aromatic carbocycles. The number of hydrogen-bond acceptors (Lipinski definition) is 7. The van der Waals surface area contributed by atoms with Crippen molar-refractivity contribution in [3.05, 3.63) is 0 Å². The maximum atomic E-state index is 13.6. The molecule has 2 rings (SSSR count). The van der Waals surface area contributed by atoms with Crippen LogP contribution in [0.25, 0.3) is 0 Å². The number of carboxylic acids is 1. The minimum atomic E-state index is -5.69. The highest BCUT2D eigenvalue weighted by atomic mass is 32.2. The summed E-state index contributed by atoms with van der Waals surface area (Å²) >= 11 is -1.26. The molecule has 13 heteroatoms. The van der Waals surface area contributed by atoms with Crippen LogP contribution in [0.3, 0.4) is 0 Å². The SMILES string of the molecule is O=C(O)C1C2CCC(C2)C1C(=O)OC(C(F)(F)F)C(F)(F)SOO[O-]. The number of alkyl halides is 5. The first-order valence-corrected chi connectivity index (χ1v) is 7.75. The number of fused-ring (bicyclic) bond motifs is 2. The summed E-state index contributed by atoms with van der Waals surface area (Å²) in [5, 5.41) is 16.4. The Morgan fingerprint density at radius 1 is 1.12 bits per heavy atom. The smallest absolute Gasteiger partial charge is 0.432 e. The van der Waals surface area contributed by atoms with E-state index >= 15 is 0 Å². The molecule has 5 unspecified atom stereocenters. The van der Waals surface area contributed by atoms with E-state index in [0.717, 1.165) is 0 Å². The third-order valence-corrected chi connectivity index (χ3v) is 5.04. The van der Waals surface area contributed by atoms with E-state index in [1.165, 1.54) is 0 Å². The lowest BCUT2D eigenvalue weighted by Gasteiger charge is -2.31. The van der Waals surface area contributed by atoms with Crippen molar-refractivity contribution in [1.82, 2.24) is 0 Å². The largest absolute Gasteiger partial charge is 0.691 e. The number of carboxylic acid groups (broad SMARTS) is 1. The van der Waals surface area contributed by atoms with Gasteiger partial charge in [0.2, 0.25) is 0 Å². The minimum absolute atomic E-state index is 0.311. The second kappa shape index (κ2) is 7.21. The molecule has 2 aliphatic carbocycles. The summed E-state index contributed by atoms with van der Waals surface area (Å²) in [6.07, 6.45) is -8.40. The molecule has 7 nitrogen and oxygen atoms in total. The van der Waals surface area contributed by atoms with Crippen LogP contribution >= 0.6 is 12.0 Å². The Hall–Kier alpha value is -1.18. The van der Waals surface area contributed by atoms with Gasteiger partial charge in [0, 0.05) is 0 Å². The Kier molecular flexibility index (Phi) is 5.81. The molecular weight excluding hydrogens is 383 g/mol. The van der Waals surface area contributed by atoms with E-state index in [4.69, 9.17) is 0 Å². The summed E-state index contributed by atoms with van der Waals surface area (Å²) in [4.78, 5) is 23.3. The molecule has 144 valence electrons. The minimum Gasteiger partial charge on any atom is -0.691 e. The lowest BCUT2D eigenvalue weighted by Crippen LogP contribution is -2.48. The van der Waals surface area contributed by atoms with Gasteiger partial charge in [-0.2, -0.15) is 26.3 Å². The van der Waals surface area contributed by atoms with Crippen molar-refractivity contribution in [3.63, 3.8) is 0 Å². The van der Waals surface area contributed by atoms with Crippen molar-refractivity contribution < 1.29 is 56.0 Å². The quantitative estimate of drug-likeness (QED) is 0.228. The average Bonchev–Trinajstić information content (AvgIpc) is 3.09. The van der Waals surface area contributed by atoms with E-state index in [1.807, 2.05) is 0 Å². The van der Waals surface area contributed by atoms with Gasteiger partial charge in [-0.05, 0) is 31.1 Å². The van der Waals surface area contributed by atoms with Gasteiger partial charge in [0.1, 0.15) is 12.0 Å². The van der Waals surface area contributed by atoms with Crippen LogP contribution in [0.15, 0.2) is 0 Å². The predicted molar refractivity (Wildman–Crippen MR) is 66.1 cm³/mol. The molecule has 0 heterocycles. The van der Waals surface area contributed by atoms with Crippen molar-refractivity contribution in [1.29, 1.82) is 0 Å². The van der Waals surface area contributed by atoms with Crippen molar-refractivity contribution in [3.8, 4) is 0 Å². The number of aliphatic carboxylic acids is 1. The molecule has 2 saturated carbocycles. The first-order valence-electron chi connectivity index (χ1n) is 7.01. The number of rotatable bonds is 7. The van der Waals surface area contributed by atoms with Crippen LogP contribution in [0.4, 0.5) is 22.0 Å². The van der Waals surface area contributed by atoms with Crippen LogP contribution in [0.1, 0.15) is 19.3 Å². The topological polar surface area (TPSA) is 105 Å². The Balaban J connectivity index is 2.18. The molecule has 0 spiro atoms. The van der Waals surface area contributed by atoms with E-state index in [9.17, 15) is 41.9 Å². The second-order valence-corrected chi connectivity index (χ2v) is 6.71. The van der Waals surface area contributed by atoms with Crippen molar-refractivity contribution >= 4 is 24.0 Å². The van der Waals surface area contributed by atoms with E-state index in [0.29, 0.717) is 19.3 Å². The van der Waals surface area contributed by atoms with Gasteiger partial charge < -0.3 is 15.1 Å². The molecule has 0 saturated heterocycles. The molecule has 0 aliphatic heterocycles. The third kappa shape index (κ3) is 4.15. The number of carbonyl (C=O) groups is 2. The summed E-state index contributed by atoms with van der Waals surface area (Å²) in [6, 6.07) is 0. The molecule has 5 atom stereocenters. The van der Waals surface area contributed by atoms with Crippen LogP contribution in [0.5, 0.6) is 0 Å². The zero-order valence-corrected chi connectivity index (χ0v) is 13.0. The van der Waals surface area contributed by atoms with E-state index in [2.05, 4.69) is 14.1 Å². The fourth-order valence-electron chi connectivity index (χ4n) is 3.61. The second-order valence-electron chi connectivity index (χ2n) is 5.86. The molecule has 0 aromatic rings. The summed E-state index contributed by atoms with van der Waals surface area (Å²) < 4.78 is 72.9. The Labute approximate surface area is 141 Å². The van der Waals surface area contributed by atoms with Crippen LogP contribution in [-0.4, -0.2) is 34.6 Å². The first kappa shape index (κ1) is 20.1. The fourth-order valence-corrected chi connectivity index (χ4v) is 4.00. The third-order valence-electron chi connectivity index (χ3n) is 4.48. The molecule has 0 radical (unpaired) electrons. The zero-order chi connectivity index (χ0) is 19.0. The summed E-state index contributed by atoms with van der Waals surface area (Å²) in [5.41, 5.74) is 0. The van der Waals surface area contributed by atoms with Gasteiger partial charge in [0.15, 0.2) is 0 Å². The molecule has 2 bridgehead atoms. The number of esters is 1. The molecular formula is C12H12F5O7S-. The van der Waals surface area contributed by atoms with Crippen LogP contribution in [-0.2, 0) is 23.7 Å². The normalized spacial score (nSPS) is 30.3. The highest BCUT2D eigenvalue weighted by Gasteiger charge is 2.62. The van der Waals surface area contributed by atoms with Gasteiger partial charge in [-0.3, -0.25) is 14.6 Å². The Bertz CT molecular complexity index is 528. The van der Waals surface area contributed by atoms with Crippen molar-refractivity contribution in [2.24, 2.45) is 23.7 Å². The molecule has 2 aliphatic rings. The lowest BCUT2D eigenvalue weighted by molar-refractivity contribution is -0.777. The highest BCUT2D eigenvalue weighted by Crippen LogP contribution is 2.53. The average molecular weight is 395 g/mol. The van der Waals surface area contributed by atoms with Crippen molar-refractivity contribution in [2.75, 3.05) is 0 Å². The molecule has 25 heavy (non-hydrogen) atoms. The van der Waals surface area contributed by atoms with Crippen LogP contribution < -0.4 is 5.26 Å². The van der Waals surface area contributed by atoms with Gasteiger partial charge in [-0.15, -0.1) is 0 Å². The zero-order valence-electron chi connectivity index (χ0n) is 12.2. The molecule has 0 aromatic heterocycles. The summed E-state index contributed by atoms with van der Waals surface area (Å²) in [6.45, 7) is 0. The fraction of sp³-hybridized carbons (Fsp3) is 0.833. The number of hydrogen-bond donors (Lipinski definition) is 1. The van der Waals surface area contributed by atoms with Gasteiger partial charge in [0.25, 0.3) is 6.10 Å². The van der Waals surface area contributed by atoms with Gasteiger partial charge in [0.05, 0.1) is 11.8 Å². The van der Waals surface area contributed by atoms with Crippen LogP contribution in [0.2, 0.25) is 0 Å². The molecule has 0 amide bonds. The maximum absolute atomic E-state index is 13.6. The number of ether oxygens (including phenoxy) is 1. The van der Waals surface area contributed by atoms with Gasteiger partial charge in [-0.25, -0.2) is 0 Å². The summed E-state index contributed by atoms with van der Waals surface area (Å²) in [5.74, 6) is -6.69. The monoisotopic (exact) mass is 395 g/mol. The lowest BCUT2D eigenvalue weighted by atomic mass is 9.79. The standard InChI is InChI=1S/C12H13F5O7S/c13-11(14,15)10(12(16,17)25-24-23-21)22-9(20)7-5-2-1-4(3-5)6(7)8(18)19/h4-7,10,21H,1-3H2,(H,18,19)/p-1. The first-order chi connectivity index (χ1) is 11.5. The van der Waals surface area contributed by atoms with Crippen molar-refractivity contribution in [2.45, 2.75) is 36.8 Å². The maximum Gasteiger partial charge on any atom is 0.432 e. The number of carbonyl (C=O) groups excluding carboxylic acids is 1. The molecule has 1 N–H and O–H groups in total. The van der Waals surface area contributed by atoms with Gasteiger partial charge >= 0.3 is 23.4 Å². The predicted octanol–water partition coefficient (Wildman–Crippen LogP) is 1.67. The van der Waals surface area contributed by atoms with E-state index in [1.54, 1.807) is 0 Å².